The molecule has 1 amide bonds. The highest BCUT2D eigenvalue weighted by atomic mass is 19.1. The van der Waals surface area contributed by atoms with Crippen molar-refractivity contribution in [3.63, 3.8) is 0 Å². The van der Waals surface area contributed by atoms with E-state index in [-0.39, 0.29) is 5.69 Å². The normalized spacial score (nSPS) is 10.3. The van der Waals surface area contributed by atoms with Crippen molar-refractivity contribution in [2.24, 2.45) is 5.73 Å². The summed E-state index contributed by atoms with van der Waals surface area (Å²) in [4.78, 5) is 11.8. The Morgan fingerprint density at radius 1 is 1.05 bits per heavy atom. The second kappa shape index (κ2) is 5.58. The van der Waals surface area contributed by atoms with Gasteiger partial charge in [0.05, 0.1) is 0 Å². The Morgan fingerprint density at radius 2 is 1.63 bits per heavy atom. The Kier molecular flexibility index (Phi) is 3.87. The lowest BCUT2D eigenvalue weighted by Crippen LogP contribution is -2.12. The summed E-state index contributed by atoms with van der Waals surface area (Å²) < 4.78 is 25.9. The minimum Gasteiger partial charge on any atom is -0.326 e. The van der Waals surface area contributed by atoms with Crippen molar-refractivity contribution in [2.45, 2.75) is 6.54 Å². The number of nitrogens with one attached hydrogen (secondary N) is 1. The van der Waals surface area contributed by atoms with E-state index < -0.39 is 17.5 Å². The first-order chi connectivity index (χ1) is 9.08. The van der Waals surface area contributed by atoms with Gasteiger partial charge in [-0.3, -0.25) is 4.79 Å². The Bertz CT molecular complexity index is 577. The van der Waals surface area contributed by atoms with Crippen molar-refractivity contribution in [1.82, 2.24) is 0 Å². The van der Waals surface area contributed by atoms with E-state index >= 15 is 0 Å². The fraction of sp³-hybridized carbons (Fsp3) is 0.0714. The van der Waals surface area contributed by atoms with E-state index in [1.807, 2.05) is 0 Å². The van der Waals surface area contributed by atoms with Gasteiger partial charge in [0.15, 0.2) is 0 Å². The Labute approximate surface area is 109 Å². The van der Waals surface area contributed by atoms with E-state index in [9.17, 15) is 13.6 Å². The quantitative estimate of drug-likeness (QED) is 0.893. The average Bonchev–Trinajstić information content (AvgIpc) is 2.37. The van der Waals surface area contributed by atoms with Crippen LogP contribution < -0.4 is 11.1 Å². The first-order valence-electron chi connectivity index (χ1n) is 5.65. The molecule has 0 radical (unpaired) electrons. The number of carbonyl (C=O) groups is 1. The highest BCUT2D eigenvalue weighted by molar-refractivity contribution is 6.04. The maximum Gasteiger partial charge on any atom is 0.255 e. The third kappa shape index (κ3) is 3.35. The third-order valence-electron chi connectivity index (χ3n) is 2.57. The molecule has 98 valence electrons. The molecule has 0 aliphatic carbocycles. The minimum atomic E-state index is -0.742. The number of nitrogens with two attached hydrogens (primary N) is 1. The van der Waals surface area contributed by atoms with Crippen molar-refractivity contribution in [2.75, 3.05) is 5.32 Å². The van der Waals surface area contributed by atoms with Crippen molar-refractivity contribution < 1.29 is 13.6 Å². The summed E-state index contributed by atoms with van der Waals surface area (Å²) in [5, 5.41) is 2.43. The number of hydrogen-bond donors (Lipinski definition) is 2. The molecule has 0 aromatic heterocycles. The van der Waals surface area contributed by atoms with Crippen LogP contribution in [0.25, 0.3) is 0 Å². The molecule has 0 aliphatic rings. The molecule has 0 saturated heterocycles. The van der Waals surface area contributed by atoms with Gasteiger partial charge in [0.1, 0.15) is 11.6 Å². The molecule has 0 saturated carbocycles. The fourth-order valence-corrected chi connectivity index (χ4v) is 1.62. The zero-order valence-electron chi connectivity index (χ0n) is 9.99. The molecule has 3 nitrogen and oxygen atoms in total. The predicted molar refractivity (Wildman–Crippen MR) is 68.6 cm³/mol. The maximum atomic E-state index is 13.0. The van der Waals surface area contributed by atoms with Crippen LogP contribution in [0.4, 0.5) is 14.5 Å². The smallest absolute Gasteiger partial charge is 0.255 e. The van der Waals surface area contributed by atoms with E-state index in [1.54, 1.807) is 24.3 Å². The number of carbonyl (C=O) groups excluding carboxylic acids is 1. The summed E-state index contributed by atoms with van der Waals surface area (Å²) >= 11 is 0. The predicted octanol–water partition coefficient (Wildman–Crippen LogP) is 2.68. The lowest BCUT2D eigenvalue weighted by atomic mass is 10.1. The summed E-state index contributed by atoms with van der Waals surface area (Å²) in [7, 11) is 0. The summed E-state index contributed by atoms with van der Waals surface area (Å²) in [5.74, 6) is -1.92. The first kappa shape index (κ1) is 13.2. The van der Waals surface area contributed by atoms with Crippen LogP contribution in [0.5, 0.6) is 0 Å². The van der Waals surface area contributed by atoms with E-state index in [0.29, 0.717) is 12.1 Å². The van der Waals surface area contributed by atoms with Crippen molar-refractivity contribution in [3.05, 3.63) is 65.2 Å². The standard InChI is InChI=1S/C14H12F2N2O/c15-11-5-12(16)7-13(6-11)18-14(19)10-3-1-9(8-17)2-4-10/h1-7H,8,17H2,(H,18,19). The number of anilines is 1. The van der Waals surface area contributed by atoms with Gasteiger partial charge in [0, 0.05) is 23.9 Å². The Hall–Kier alpha value is -2.27. The van der Waals surface area contributed by atoms with Crippen LogP contribution in [0.15, 0.2) is 42.5 Å². The molecule has 19 heavy (non-hydrogen) atoms. The molecule has 0 bridgehead atoms. The van der Waals surface area contributed by atoms with Gasteiger partial charge in [-0.15, -0.1) is 0 Å². The van der Waals surface area contributed by atoms with Gasteiger partial charge in [-0.1, -0.05) is 12.1 Å². The monoisotopic (exact) mass is 262 g/mol. The molecular weight excluding hydrogens is 250 g/mol. The molecule has 2 rings (SSSR count). The molecule has 2 aromatic carbocycles. The van der Waals surface area contributed by atoms with Gasteiger partial charge < -0.3 is 11.1 Å². The number of rotatable bonds is 3. The van der Waals surface area contributed by atoms with Crippen LogP contribution in [0, 0.1) is 11.6 Å². The average molecular weight is 262 g/mol. The van der Waals surface area contributed by atoms with Crippen LogP contribution >= 0.6 is 0 Å². The molecule has 0 heterocycles. The lowest BCUT2D eigenvalue weighted by Gasteiger charge is -2.06. The minimum absolute atomic E-state index is 0.0744. The SMILES string of the molecule is NCc1ccc(C(=O)Nc2cc(F)cc(F)c2)cc1. The van der Waals surface area contributed by atoms with E-state index in [4.69, 9.17) is 5.73 Å². The molecule has 0 unspecified atom stereocenters. The van der Waals surface area contributed by atoms with Gasteiger partial charge in [0.25, 0.3) is 5.91 Å². The molecular formula is C14H12F2N2O. The molecule has 0 atom stereocenters. The zero-order chi connectivity index (χ0) is 13.8. The molecule has 0 spiro atoms. The maximum absolute atomic E-state index is 13.0. The summed E-state index contributed by atoms with van der Waals surface area (Å²) in [6.45, 7) is 0.386. The highest BCUT2D eigenvalue weighted by Crippen LogP contribution is 2.14. The summed E-state index contributed by atoms with van der Waals surface area (Å²) in [6.07, 6.45) is 0. The number of amides is 1. The third-order valence-corrected chi connectivity index (χ3v) is 2.57. The van der Waals surface area contributed by atoms with Crippen LogP contribution in [-0.4, -0.2) is 5.91 Å². The van der Waals surface area contributed by atoms with E-state index in [1.165, 1.54) is 0 Å². The van der Waals surface area contributed by atoms with Crippen LogP contribution in [0.2, 0.25) is 0 Å². The topological polar surface area (TPSA) is 55.1 Å². The molecule has 5 heteroatoms. The molecule has 2 aromatic rings. The van der Waals surface area contributed by atoms with Gasteiger partial charge in [-0.05, 0) is 29.8 Å². The molecule has 0 fully saturated rings. The molecule has 3 N–H and O–H groups in total. The van der Waals surface area contributed by atoms with Gasteiger partial charge in [0.2, 0.25) is 0 Å². The van der Waals surface area contributed by atoms with Gasteiger partial charge in [-0.2, -0.15) is 0 Å². The van der Waals surface area contributed by atoms with Crippen molar-refractivity contribution >= 4 is 11.6 Å². The van der Waals surface area contributed by atoms with Crippen molar-refractivity contribution in [1.29, 1.82) is 0 Å². The highest BCUT2D eigenvalue weighted by Gasteiger charge is 2.07. The number of benzene rings is 2. The number of hydrogen-bond acceptors (Lipinski definition) is 2. The second-order valence-electron chi connectivity index (χ2n) is 4.01. The Balaban J connectivity index is 2.15. The van der Waals surface area contributed by atoms with Crippen molar-refractivity contribution in [3.8, 4) is 0 Å². The fourth-order valence-electron chi connectivity index (χ4n) is 1.62. The van der Waals surface area contributed by atoms with Crippen LogP contribution in [-0.2, 0) is 6.54 Å². The van der Waals surface area contributed by atoms with Crippen LogP contribution in [0.3, 0.4) is 0 Å². The lowest BCUT2D eigenvalue weighted by molar-refractivity contribution is 0.102. The summed E-state index contributed by atoms with van der Waals surface area (Å²) in [5.41, 5.74) is 6.81. The summed E-state index contributed by atoms with van der Waals surface area (Å²) in [6, 6.07) is 9.50. The van der Waals surface area contributed by atoms with E-state index in [0.717, 1.165) is 23.8 Å². The first-order valence-corrected chi connectivity index (χ1v) is 5.65. The number of halogens is 2. The Morgan fingerprint density at radius 3 is 2.16 bits per heavy atom. The van der Waals surface area contributed by atoms with Gasteiger partial charge in [-0.25, -0.2) is 8.78 Å². The molecule has 0 aliphatic heterocycles. The van der Waals surface area contributed by atoms with Gasteiger partial charge >= 0.3 is 0 Å². The largest absolute Gasteiger partial charge is 0.326 e. The second-order valence-corrected chi connectivity index (χ2v) is 4.01. The van der Waals surface area contributed by atoms with E-state index in [2.05, 4.69) is 5.32 Å². The van der Waals surface area contributed by atoms with Crippen LogP contribution in [0.1, 0.15) is 15.9 Å². The zero-order valence-corrected chi connectivity index (χ0v) is 9.99.